The maximum atomic E-state index is 11.4. The normalized spacial score (nSPS) is 16.5. The number of halogens is 1. The number of hydrogen-bond acceptors (Lipinski definition) is 4. The summed E-state index contributed by atoms with van der Waals surface area (Å²) in [6.45, 7) is 8.84. The zero-order chi connectivity index (χ0) is 15.6. The molecular formula is C15H22ClN3O2. The molecule has 1 heterocycles. The van der Waals surface area contributed by atoms with E-state index in [1.807, 2.05) is 4.90 Å². The standard InChI is InChI=1S/C15H22ClN3O2/c1-10(2)9-18-3-5-19(6-4-18)14-12(15(20)21)7-11(17)8-13(14)16/h7-8,10H,3-6,9,17H2,1-2H3,(H,20,21). The van der Waals surface area contributed by atoms with Gasteiger partial charge in [-0.3, -0.25) is 4.90 Å². The Labute approximate surface area is 130 Å². The Morgan fingerprint density at radius 3 is 2.48 bits per heavy atom. The molecule has 21 heavy (non-hydrogen) atoms. The molecule has 1 aromatic carbocycles. The van der Waals surface area contributed by atoms with Gasteiger partial charge in [0, 0.05) is 38.4 Å². The van der Waals surface area contributed by atoms with Crippen molar-refractivity contribution in [1.29, 1.82) is 0 Å². The van der Waals surface area contributed by atoms with Gasteiger partial charge in [-0.2, -0.15) is 0 Å². The van der Waals surface area contributed by atoms with Crippen LogP contribution in [0.15, 0.2) is 12.1 Å². The van der Waals surface area contributed by atoms with Gasteiger partial charge in [0.1, 0.15) is 0 Å². The fourth-order valence-corrected chi connectivity index (χ4v) is 3.12. The molecule has 0 radical (unpaired) electrons. The van der Waals surface area contributed by atoms with E-state index in [-0.39, 0.29) is 5.56 Å². The first kappa shape index (κ1) is 15.9. The maximum Gasteiger partial charge on any atom is 0.337 e. The zero-order valence-corrected chi connectivity index (χ0v) is 13.2. The number of nitrogen functional groups attached to an aromatic ring is 1. The summed E-state index contributed by atoms with van der Waals surface area (Å²) in [7, 11) is 0. The average molecular weight is 312 g/mol. The molecule has 0 saturated carbocycles. The summed E-state index contributed by atoms with van der Waals surface area (Å²) in [4.78, 5) is 15.9. The van der Waals surface area contributed by atoms with Gasteiger partial charge in [0.2, 0.25) is 0 Å². The minimum Gasteiger partial charge on any atom is -0.478 e. The number of hydrogen-bond donors (Lipinski definition) is 2. The summed E-state index contributed by atoms with van der Waals surface area (Å²) in [6.07, 6.45) is 0. The molecule has 3 N–H and O–H groups in total. The van der Waals surface area contributed by atoms with Crippen LogP contribution >= 0.6 is 11.6 Å². The van der Waals surface area contributed by atoms with Gasteiger partial charge in [-0.05, 0) is 18.1 Å². The minimum atomic E-state index is -0.996. The van der Waals surface area contributed by atoms with E-state index in [9.17, 15) is 9.90 Å². The number of nitrogens with zero attached hydrogens (tertiary/aromatic N) is 2. The van der Waals surface area contributed by atoms with E-state index in [1.54, 1.807) is 6.07 Å². The third-order valence-electron chi connectivity index (χ3n) is 3.63. The zero-order valence-electron chi connectivity index (χ0n) is 12.5. The van der Waals surface area contributed by atoms with E-state index >= 15 is 0 Å². The second-order valence-corrected chi connectivity index (χ2v) is 6.29. The van der Waals surface area contributed by atoms with Crippen molar-refractivity contribution < 1.29 is 9.90 Å². The van der Waals surface area contributed by atoms with Crippen LogP contribution in [0.1, 0.15) is 24.2 Å². The Balaban J connectivity index is 2.18. The van der Waals surface area contributed by atoms with Gasteiger partial charge in [0.25, 0.3) is 0 Å². The second kappa shape index (κ2) is 6.54. The number of nitrogens with two attached hydrogens (primary N) is 1. The van der Waals surface area contributed by atoms with Gasteiger partial charge >= 0.3 is 5.97 Å². The van der Waals surface area contributed by atoms with Crippen molar-refractivity contribution >= 4 is 28.9 Å². The lowest BCUT2D eigenvalue weighted by molar-refractivity contribution is 0.0697. The van der Waals surface area contributed by atoms with E-state index in [0.717, 1.165) is 32.7 Å². The number of aromatic carboxylic acids is 1. The minimum absolute atomic E-state index is 0.178. The first-order valence-electron chi connectivity index (χ1n) is 7.18. The summed E-state index contributed by atoms with van der Waals surface area (Å²) in [5.74, 6) is -0.366. The first-order valence-corrected chi connectivity index (χ1v) is 7.56. The van der Waals surface area contributed by atoms with Crippen LogP contribution in [-0.2, 0) is 0 Å². The number of rotatable bonds is 4. The van der Waals surface area contributed by atoms with Crippen molar-refractivity contribution in [2.24, 2.45) is 5.92 Å². The van der Waals surface area contributed by atoms with Crippen LogP contribution in [0.25, 0.3) is 0 Å². The average Bonchev–Trinajstić information content (AvgIpc) is 2.38. The molecule has 1 saturated heterocycles. The molecule has 0 bridgehead atoms. The van der Waals surface area contributed by atoms with E-state index in [1.165, 1.54) is 6.07 Å². The highest BCUT2D eigenvalue weighted by Gasteiger charge is 2.24. The SMILES string of the molecule is CC(C)CN1CCN(c2c(Cl)cc(N)cc2C(=O)O)CC1. The lowest BCUT2D eigenvalue weighted by Gasteiger charge is -2.37. The predicted octanol–water partition coefficient (Wildman–Crippen LogP) is 2.40. The van der Waals surface area contributed by atoms with E-state index in [4.69, 9.17) is 17.3 Å². The number of piperazine rings is 1. The van der Waals surface area contributed by atoms with Crippen LogP contribution < -0.4 is 10.6 Å². The third kappa shape index (κ3) is 3.80. The van der Waals surface area contributed by atoms with Crippen LogP contribution in [0.4, 0.5) is 11.4 Å². The molecule has 2 rings (SSSR count). The maximum absolute atomic E-state index is 11.4. The molecule has 1 aliphatic rings. The van der Waals surface area contributed by atoms with Crippen LogP contribution in [0.2, 0.25) is 5.02 Å². The molecule has 5 nitrogen and oxygen atoms in total. The van der Waals surface area contributed by atoms with Crippen LogP contribution in [-0.4, -0.2) is 48.7 Å². The van der Waals surface area contributed by atoms with E-state index < -0.39 is 5.97 Å². The van der Waals surface area contributed by atoms with Gasteiger partial charge in [0.05, 0.1) is 16.3 Å². The summed E-state index contributed by atoms with van der Waals surface area (Å²) in [6, 6.07) is 3.09. The molecule has 0 unspecified atom stereocenters. The van der Waals surface area contributed by atoms with Gasteiger partial charge in [-0.1, -0.05) is 25.4 Å². The molecule has 0 aromatic heterocycles. The molecule has 116 valence electrons. The topological polar surface area (TPSA) is 69.8 Å². The molecule has 1 aliphatic heterocycles. The lowest BCUT2D eigenvalue weighted by atomic mass is 10.1. The van der Waals surface area contributed by atoms with E-state index in [0.29, 0.717) is 22.3 Å². The lowest BCUT2D eigenvalue weighted by Crippen LogP contribution is -2.47. The van der Waals surface area contributed by atoms with Crippen molar-refractivity contribution in [3.05, 3.63) is 22.7 Å². The number of anilines is 2. The van der Waals surface area contributed by atoms with Crippen molar-refractivity contribution in [2.45, 2.75) is 13.8 Å². The third-order valence-corrected chi connectivity index (χ3v) is 3.92. The Morgan fingerprint density at radius 2 is 1.95 bits per heavy atom. The first-order chi connectivity index (χ1) is 9.88. The number of carboxylic acids is 1. The van der Waals surface area contributed by atoms with Gasteiger partial charge < -0.3 is 15.7 Å². The Hall–Kier alpha value is -1.46. The number of carbonyl (C=O) groups is 1. The van der Waals surface area contributed by atoms with Crippen LogP contribution in [0, 0.1) is 5.92 Å². The van der Waals surface area contributed by atoms with Crippen molar-refractivity contribution in [3.63, 3.8) is 0 Å². The van der Waals surface area contributed by atoms with Crippen molar-refractivity contribution in [2.75, 3.05) is 43.4 Å². The summed E-state index contributed by atoms with van der Waals surface area (Å²) in [5.41, 5.74) is 6.84. The summed E-state index contributed by atoms with van der Waals surface area (Å²) in [5, 5.41) is 9.77. The second-order valence-electron chi connectivity index (χ2n) is 5.89. The number of benzene rings is 1. The monoisotopic (exact) mass is 311 g/mol. The van der Waals surface area contributed by atoms with Gasteiger partial charge in [0.15, 0.2) is 0 Å². The Morgan fingerprint density at radius 1 is 1.33 bits per heavy atom. The molecule has 1 aromatic rings. The molecule has 1 fully saturated rings. The molecule has 0 atom stereocenters. The fraction of sp³-hybridized carbons (Fsp3) is 0.533. The van der Waals surface area contributed by atoms with Crippen LogP contribution in [0.5, 0.6) is 0 Å². The molecule has 6 heteroatoms. The quantitative estimate of drug-likeness (QED) is 0.836. The fourth-order valence-electron chi connectivity index (χ4n) is 2.77. The molecule has 0 spiro atoms. The largest absolute Gasteiger partial charge is 0.478 e. The highest BCUT2D eigenvalue weighted by molar-refractivity contribution is 6.34. The van der Waals surface area contributed by atoms with E-state index in [2.05, 4.69) is 18.7 Å². The smallest absolute Gasteiger partial charge is 0.337 e. The van der Waals surface area contributed by atoms with Crippen LogP contribution in [0.3, 0.4) is 0 Å². The highest BCUT2D eigenvalue weighted by Crippen LogP contribution is 2.33. The molecular weight excluding hydrogens is 290 g/mol. The summed E-state index contributed by atoms with van der Waals surface area (Å²) < 4.78 is 0. The predicted molar refractivity (Wildman–Crippen MR) is 86.3 cm³/mol. The Bertz CT molecular complexity index is 526. The van der Waals surface area contributed by atoms with Gasteiger partial charge in [-0.15, -0.1) is 0 Å². The molecule has 0 amide bonds. The van der Waals surface area contributed by atoms with Crippen molar-refractivity contribution in [1.82, 2.24) is 4.90 Å². The highest BCUT2D eigenvalue weighted by atomic mass is 35.5. The molecule has 0 aliphatic carbocycles. The Kier molecular flexibility index (Phi) is 4.96. The summed E-state index contributed by atoms with van der Waals surface area (Å²) >= 11 is 6.23. The number of carboxylic acid groups (broad SMARTS) is 1. The van der Waals surface area contributed by atoms with Crippen molar-refractivity contribution in [3.8, 4) is 0 Å². The van der Waals surface area contributed by atoms with Gasteiger partial charge in [-0.25, -0.2) is 4.79 Å².